The van der Waals surface area contributed by atoms with Gasteiger partial charge in [0.2, 0.25) is 5.91 Å². The molecule has 1 aliphatic heterocycles. The number of hydrogen-bond acceptors (Lipinski definition) is 2. The van der Waals surface area contributed by atoms with E-state index in [4.69, 9.17) is 6.92 Å². The van der Waals surface area contributed by atoms with E-state index in [0.29, 0.717) is 17.8 Å². The number of carbonyl (C=O) groups excluding carboxylic acids is 1. The summed E-state index contributed by atoms with van der Waals surface area (Å²) in [4.78, 5) is 17.1. The highest BCUT2D eigenvalue weighted by Gasteiger charge is 2.22. The van der Waals surface area contributed by atoms with Gasteiger partial charge in [0.25, 0.3) is 0 Å². The van der Waals surface area contributed by atoms with Gasteiger partial charge in [0, 0.05) is 26.1 Å². The smallest absolute Gasteiger partial charge is 0.228 e. The van der Waals surface area contributed by atoms with Gasteiger partial charge in [-0.25, -0.2) is 4.98 Å². The fraction of sp³-hybridized carbons (Fsp3) is 0.300. The zero-order valence-electron chi connectivity index (χ0n) is 7.23. The number of carbonyl (C=O) groups is 1. The molecule has 0 aliphatic carbocycles. The quantitative estimate of drug-likeness (QED) is 0.642. The van der Waals surface area contributed by atoms with E-state index < -0.39 is 0 Å². The van der Waals surface area contributed by atoms with Gasteiger partial charge in [0.1, 0.15) is 5.82 Å². The van der Waals surface area contributed by atoms with E-state index in [1.165, 1.54) is 0 Å². The van der Waals surface area contributed by atoms with Crippen LogP contribution in [0.25, 0.3) is 0 Å². The maximum atomic E-state index is 11.3. The Morgan fingerprint density at radius 1 is 1.46 bits per heavy atom. The Morgan fingerprint density at radius 3 is 2.85 bits per heavy atom. The van der Waals surface area contributed by atoms with Crippen molar-refractivity contribution in [3.63, 3.8) is 0 Å². The molecule has 3 nitrogen and oxygen atoms in total. The number of rotatable bonds is 1. The highest BCUT2D eigenvalue weighted by Crippen LogP contribution is 2.18. The lowest BCUT2D eigenvalue weighted by Gasteiger charge is -2.13. The molecule has 1 aromatic heterocycles. The molecule has 1 fully saturated rings. The Morgan fingerprint density at radius 2 is 2.31 bits per heavy atom. The topological polar surface area (TPSA) is 33.2 Å². The molecule has 1 aliphatic rings. The summed E-state index contributed by atoms with van der Waals surface area (Å²) in [6.07, 6.45) is 3.12. The molecule has 0 unspecified atom stereocenters. The highest BCUT2D eigenvalue weighted by atomic mass is 16.2. The fourth-order valence-corrected chi connectivity index (χ4v) is 1.45. The van der Waals surface area contributed by atoms with Gasteiger partial charge in [-0.2, -0.15) is 0 Å². The number of hydrogen-bond donors (Lipinski definition) is 0. The van der Waals surface area contributed by atoms with Crippen LogP contribution in [-0.2, 0) is 4.79 Å². The van der Waals surface area contributed by atoms with Gasteiger partial charge in [-0.15, -0.1) is 0 Å². The third-order valence-corrected chi connectivity index (χ3v) is 2.12. The lowest BCUT2D eigenvalue weighted by molar-refractivity contribution is -0.117. The van der Waals surface area contributed by atoms with Gasteiger partial charge >= 0.3 is 0 Å². The predicted octanol–water partition coefficient (Wildman–Crippen LogP) is 1.27. The summed E-state index contributed by atoms with van der Waals surface area (Å²) in [6.45, 7) is 6.27. The first-order valence-corrected chi connectivity index (χ1v) is 4.29. The second kappa shape index (κ2) is 3.17. The van der Waals surface area contributed by atoms with Crippen molar-refractivity contribution in [2.45, 2.75) is 12.8 Å². The fourth-order valence-electron chi connectivity index (χ4n) is 1.45. The molecule has 0 atom stereocenters. The molecule has 1 saturated heterocycles. The number of pyridine rings is 1. The van der Waals surface area contributed by atoms with Crippen LogP contribution < -0.4 is 4.90 Å². The lowest BCUT2D eigenvalue weighted by Crippen LogP contribution is -2.24. The molecule has 0 spiro atoms. The van der Waals surface area contributed by atoms with Crippen LogP contribution in [0.1, 0.15) is 18.4 Å². The van der Waals surface area contributed by atoms with Crippen LogP contribution in [0.5, 0.6) is 0 Å². The Labute approximate surface area is 77.4 Å². The number of amides is 1. The van der Waals surface area contributed by atoms with Crippen LogP contribution in [0.15, 0.2) is 18.3 Å². The summed E-state index contributed by atoms with van der Waals surface area (Å²) in [5.74, 6) is 0.856. The summed E-state index contributed by atoms with van der Waals surface area (Å²) in [7, 11) is 0. The van der Waals surface area contributed by atoms with E-state index in [2.05, 4.69) is 4.98 Å². The second-order valence-corrected chi connectivity index (χ2v) is 3.10. The Balaban J connectivity index is 2.25. The van der Waals surface area contributed by atoms with Gasteiger partial charge in [0.05, 0.1) is 0 Å². The summed E-state index contributed by atoms with van der Waals surface area (Å²) in [5.41, 5.74) is 0.621. The third-order valence-electron chi connectivity index (χ3n) is 2.12. The average Bonchev–Trinajstić information content (AvgIpc) is 2.53. The third kappa shape index (κ3) is 1.54. The molecule has 66 valence electrons. The van der Waals surface area contributed by atoms with Crippen LogP contribution >= 0.6 is 0 Å². The molecule has 2 heterocycles. The van der Waals surface area contributed by atoms with Crippen molar-refractivity contribution in [3.05, 3.63) is 30.8 Å². The molecule has 0 bridgehead atoms. The zero-order valence-corrected chi connectivity index (χ0v) is 7.23. The van der Waals surface area contributed by atoms with Crippen molar-refractivity contribution >= 4 is 11.7 Å². The Bertz CT molecular complexity index is 318. The van der Waals surface area contributed by atoms with E-state index in [1.54, 1.807) is 23.2 Å². The molecule has 0 saturated carbocycles. The molecule has 0 aromatic carbocycles. The highest BCUT2D eigenvalue weighted by molar-refractivity contribution is 5.94. The Hall–Kier alpha value is -1.38. The maximum Gasteiger partial charge on any atom is 0.228 e. The van der Waals surface area contributed by atoms with Crippen molar-refractivity contribution in [2.24, 2.45) is 0 Å². The van der Waals surface area contributed by atoms with Crippen LogP contribution in [0.3, 0.4) is 0 Å². The van der Waals surface area contributed by atoms with Crippen molar-refractivity contribution in [1.82, 2.24) is 4.98 Å². The van der Waals surface area contributed by atoms with Crippen LogP contribution in [-0.4, -0.2) is 17.4 Å². The van der Waals surface area contributed by atoms with E-state index in [1.807, 2.05) is 0 Å². The lowest BCUT2D eigenvalue weighted by atomic mass is 10.3. The van der Waals surface area contributed by atoms with Gasteiger partial charge < -0.3 is 0 Å². The zero-order chi connectivity index (χ0) is 9.26. The Kier molecular flexibility index (Phi) is 2.00. The summed E-state index contributed by atoms with van der Waals surface area (Å²) in [6, 6.07) is 3.53. The summed E-state index contributed by atoms with van der Waals surface area (Å²) in [5, 5.41) is 0. The number of nitrogens with zero attached hydrogens (tertiary/aromatic N) is 2. The normalized spacial score (nSPS) is 16.7. The van der Waals surface area contributed by atoms with Gasteiger partial charge in [-0.1, -0.05) is 6.07 Å². The molecule has 2 rings (SSSR count). The minimum Gasteiger partial charge on any atom is -0.297 e. The molecule has 2 radical (unpaired) electrons. The molecule has 0 N–H and O–H groups in total. The van der Waals surface area contributed by atoms with Gasteiger partial charge in [-0.05, 0) is 18.1 Å². The minimum atomic E-state index is 0.150. The summed E-state index contributed by atoms with van der Waals surface area (Å²) >= 11 is 0. The molecular weight excluding hydrogens is 164 g/mol. The van der Waals surface area contributed by atoms with Crippen LogP contribution in [0, 0.1) is 6.92 Å². The predicted molar refractivity (Wildman–Crippen MR) is 49.2 cm³/mol. The first kappa shape index (κ1) is 8.23. The van der Waals surface area contributed by atoms with Gasteiger partial charge in [0.15, 0.2) is 0 Å². The first-order chi connectivity index (χ1) is 6.27. The van der Waals surface area contributed by atoms with E-state index >= 15 is 0 Å². The largest absolute Gasteiger partial charge is 0.297 e. The van der Waals surface area contributed by atoms with Gasteiger partial charge in [-0.3, -0.25) is 9.69 Å². The van der Waals surface area contributed by atoms with E-state index in [9.17, 15) is 4.79 Å². The van der Waals surface area contributed by atoms with Crippen molar-refractivity contribution in [2.75, 3.05) is 11.4 Å². The standard InChI is InChI=1S/C10H10N2O/c1-8-4-5-9(11-7-8)12-6-2-3-10(12)13/h1,4-5,7H,2-3,6H2. The SMILES string of the molecule is [CH]c1ccc(N2CCCC2=O)nc1. The number of anilines is 1. The molecular formula is C10H10N2O. The minimum absolute atomic E-state index is 0.150. The van der Waals surface area contributed by atoms with E-state index in [-0.39, 0.29) is 5.91 Å². The maximum absolute atomic E-state index is 11.3. The molecule has 3 heteroatoms. The first-order valence-electron chi connectivity index (χ1n) is 4.29. The average molecular weight is 174 g/mol. The molecule has 1 aromatic rings. The summed E-state index contributed by atoms with van der Waals surface area (Å²) < 4.78 is 0. The second-order valence-electron chi connectivity index (χ2n) is 3.10. The van der Waals surface area contributed by atoms with Crippen LogP contribution in [0.4, 0.5) is 5.82 Å². The number of aromatic nitrogens is 1. The van der Waals surface area contributed by atoms with E-state index in [0.717, 1.165) is 13.0 Å². The van der Waals surface area contributed by atoms with Crippen molar-refractivity contribution in [3.8, 4) is 0 Å². The monoisotopic (exact) mass is 174 g/mol. The molecule has 1 amide bonds. The van der Waals surface area contributed by atoms with Crippen molar-refractivity contribution < 1.29 is 4.79 Å². The van der Waals surface area contributed by atoms with Crippen LogP contribution in [0.2, 0.25) is 0 Å². The van der Waals surface area contributed by atoms with Crippen molar-refractivity contribution in [1.29, 1.82) is 0 Å². The molecule has 13 heavy (non-hydrogen) atoms.